The van der Waals surface area contributed by atoms with Crippen molar-refractivity contribution in [2.45, 2.75) is 36.3 Å². The Morgan fingerprint density at radius 2 is 2.03 bits per heavy atom. The van der Waals surface area contributed by atoms with Gasteiger partial charge in [-0.1, -0.05) is 12.1 Å². The first kappa shape index (κ1) is 25.3. The maximum Gasteiger partial charge on any atom is 0.267 e. The molecule has 2 amide bonds. The molecule has 2 aromatic rings. The lowest BCUT2D eigenvalue weighted by Gasteiger charge is -2.27. The molecule has 0 bridgehead atoms. The van der Waals surface area contributed by atoms with Crippen LogP contribution < -0.4 is 15.4 Å². The van der Waals surface area contributed by atoms with Gasteiger partial charge < -0.3 is 25.1 Å². The van der Waals surface area contributed by atoms with Gasteiger partial charge in [-0.2, -0.15) is 5.26 Å². The Kier molecular flexibility index (Phi) is 8.31. The number of rotatable bonds is 9. The smallest absolute Gasteiger partial charge is 0.267 e. The molecule has 0 saturated carbocycles. The van der Waals surface area contributed by atoms with Gasteiger partial charge in [0.05, 0.1) is 24.0 Å². The van der Waals surface area contributed by atoms with Gasteiger partial charge >= 0.3 is 0 Å². The van der Waals surface area contributed by atoms with E-state index in [2.05, 4.69) is 15.6 Å². The maximum atomic E-state index is 13.0. The van der Waals surface area contributed by atoms with Gasteiger partial charge in [0.2, 0.25) is 5.91 Å². The van der Waals surface area contributed by atoms with Gasteiger partial charge in [0.1, 0.15) is 22.8 Å². The molecular weight excluding hydrogens is 460 g/mol. The molecule has 1 aliphatic heterocycles. The van der Waals surface area contributed by atoms with Crippen LogP contribution in [0.4, 0.5) is 0 Å². The molecule has 2 unspecified atom stereocenters. The minimum absolute atomic E-state index is 0.0112. The number of sulfone groups is 1. The summed E-state index contributed by atoms with van der Waals surface area (Å²) in [6.07, 6.45) is 2.13. The van der Waals surface area contributed by atoms with E-state index in [0.29, 0.717) is 42.9 Å². The Morgan fingerprint density at radius 3 is 2.68 bits per heavy atom. The van der Waals surface area contributed by atoms with Crippen molar-refractivity contribution < 1.29 is 27.5 Å². The SMILES string of the molecule is COc1cccc(C(CNC(=O)c2cc(C#N)c[nH]2)NC(=O)C(C)S(=O)(=O)C2CCOCC2)c1. The second kappa shape index (κ2) is 11.2. The molecule has 34 heavy (non-hydrogen) atoms. The van der Waals surface area contributed by atoms with Crippen molar-refractivity contribution in [1.29, 1.82) is 5.26 Å². The second-order valence-corrected chi connectivity index (χ2v) is 10.6. The predicted molar refractivity (Wildman–Crippen MR) is 124 cm³/mol. The molecule has 3 rings (SSSR count). The van der Waals surface area contributed by atoms with Crippen LogP contribution >= 0.6 is 0 Å². The van der Waals surface area contributed by atoms with E-state index in [0.717, 1.165) is 0 Å². The molecule has 2 heterocycles. The van der Waals surface area contributed by atoms with Crippen molar-refractivity contribution in [3.63, 3.8) is 0 Å². The third-order valence-corrected chi connectivity index (χ3v) is 8.43. The van der Waals surface area contributed by atoms with Crippen molar-refractivity contribution >= 4 is 21.7 Å². The Hall–Kier alpha value is -3.36. The van der Waals surface area contributed by atoms with Crippen molar-refractivity contribution in [2.24, 2.45) is 0 Å². The normalized spacial score (nSPS) is 16.1. The molecule has 182 valence electrons. The summed E-state index contributed by atoms with van der Waals surface area (Å²) in [5.74, 6) is -0.569. The molecule has 1 fully saturated rings. The van der Waals surface area contributed by atoms with E-state index in [1.807, 2.05) is 6.07 Å². The number of amides is 2. The van der Waals surface area contributed by atoms with E-state index in [1.165, 1.54) is 26.3 Å². The van der Waals surface area contributed by atoms with Gasteiger partial charge in [0.15, 0.2) is 9.84 Å². The van der Waals surface area contributed by atoms with Crippen LogP contribution in [0.1, 0.15) is 47.4 Å². The molecular formula is C23H28N4O6S. The van der Waals surface area contributed by atoms with E-state index < -0.39 is 38.2 Å². The summed E-state index contributed by atoms with van der Waals surface area (Å²) < 4.78 is 36.5. The number of methoxy groups -OCH3 is 1. The first-order valence-corrected chi connectivity index (χ1v) is 12.5. The van der Waals surface area contributed by atoms with Crippen LogP contribution in [0.2, 0.25) is 0 Å². The number of aromatic nitrogens is 1. The lowest BCUT2D eigenvalue weighted by atomic mass is 10.1. The predicted octanol–water partition coefficient (Wildman–Crippen LogP) is 1.46. The van der Waals surface area contributed by atoms with E-state index in [4.69, 9.17) is 14.7 Å². The lowest BCUT2D eigenvalue weighted by Crippen LogP contribution is -2.46. The second-order valence-electron chi connectivity index (χ2n) is 8.00. The fourth-order valence-electron chi connectivity index (χ4n) is 3.72. The van der Waals surface area contributed by atoms with Crippen LogP contribution in [-0.2, 0) is 19.4 Å². The molecule has 3 N–H and O–H groups in total. The summed E-state index contributed by atoms with van der Waals surface area (Å²) in [6.45, 7) is 2.07. The molecule has 1 aromatic heterocycles. The molecule has 10 nitrogen and oxygen atoms in total. The fraction of sp³-hybridized carbons (Fsp3) is 0.435. The third-order valence-electron chi connectivity index (χ3n) is 5.83. The van der Waals surface area contributed by atoms with Gasteiger partial charge in [0.25, 0.3) is 5.91 Å². The number of carbonyl (C=O) groups is 2. The number of nitriles is 1. The van der Waals surface area contributed by atoms with Crippen molar-refractivity contribution in [1.82, 2.24) is 15.6 Å². The van der Waals surface area contributed by atoms with Crippen molar-refractivity contribution in [2.75, 3.05) is 26.9 Å². The number of nitrogens with zero attached hydrogens (tertiary/aromatic N) is 1. The highest BCUT2D eigenvalue weighted by Crippen LogP contribution is 2.23. The van der Waals surface area contributed by atoms with Crippen molar-refractivity contribution in [3.05, 3.63) is 53.3 Å². The molecule has 1 aromatic carbocycles. The summed E-state index contributed by atoms with van der Waals surface area (Å²) in [6, 6.07) is 9.56. The highest BCUT2D eigenvalue weighted by molar-refractivity contribution is 7.93. The Morgan fingerprint density at radius 1 is 1.29 bits per heavy atom. The number of H-pyrrole nitrogens is 1. The summed E-state index contributed by atoms with van der Waals surface area (Å²) in [5.41, 5.74) is 1.14. The molecule has 1 saturated heterocycles. The van der Waals surface area contributed by atoms with Crippen LogP contribution in [0, 0.1) is 11.3 Å². The number of hydrogen-bond acceptors (Lipinski definition) is 7. The minimum Gasteiger partial charge on any atom is -0.497 e. The maximum absolute atomic E-state index is 13.0. The standard InChI is InChI=1S/C23H28N4O6S/c1-15(34(30,31)19-6-8-33-9-7-19)22(28)27-21(17-4-3-5-18(11-17)32-2)14-26-23(29)20-10-16(12-24)13-25-20/h3-5,10-11,13,15,19,21,25H,6-9,14H2,1-2H3,(H,26,29)(H,27,28). The lowest BCUT2D eigenvalue weighted by molar-refractivity contribution is -0.121. The van der Waals surface area contributed by atoms with E-state index in [-0.39, 0.29) is 12.2 Å². The molecule has 0 spiro atoms. The summed E-state index contributed by atoms with van der Waals surface area (Å²) in [4.78, 5) is 28.3. The zero-order valence-corrected chi connectivity index (χ0v) is 19.9. The molecule has 0 radical (unpaired) electrons. The van der Waals surface area contributed by atoms with Gasteiger partial charge in [-0.05, 0) is 43.5 Å². The number of carbonyl (C=O) groups excluding carboxylic acids is 2. The Bertz CT molecular complexity index is 1160. The van der Waals surface area contributed by atoms with Crippen LogP contribution in [0.25, 0.3) is 0 Å². The van der Waals surface area contributed by atoms with Crippen molar-refractivity contribution in [3.8, 4) is 11.8 Å². The Labute approximate surface area is 198 Å². The number of benzene rings is 1. The zero-order valence-electron chi connectivity index (χ0n) is 19.0. The largest absolute Gasteiger partial charge is 0.497 e. The molecule has 1 aliphatic rings. The quantitative estimate of drug-likeness (QED) is 0.483. The zero-order chi connectivity index (χ0) is 24.7. The van der Waals surface area contributed by atoms with Gasteiger partial charge in [-0.3, -0.25) is 9.59 Å². The van der Waals surface area contributed by atoms with E-state index in [9.17, 15) is 18.0 Å². The van der Waals surface area contributed by atoms with Crippen LogP contribution in [0.5, 0.6) is 5.75 Å². The average molecular weight is 489 g/mol. The summed E-state index contributed by atoms with van der Waals surface area (Å²) >= 11 is 0. The molecule has 11 heteroatoms. The highest BCUT2D eigenvalue weighted by atomic mass is 32.2. The van der Waals surface area contributed by atoms with E-state index in [1.54, 1.807) is 24.3 Å². The van der Waals surface area contributed by atoms with Crippen LogP contribution in [0.3, 0.4) is 0 Å². The minimum atomic E-state index is -3.72. The van der Waals surface area contributed by atoms with Crippen LogP contribution in [0.15, 0.2) is 36.5 Å². The fourth-order valence-corrected chi connectivity index (χ4v) is 5.52. The number of ether oxygens (including phenoxy) is 2. The average Bonchev–Trinajstić information content (AvgIpc) is 3.36. The Balaban J connectivity index is 1.76. The first-order valence-electron chi connectivity index (χ1n) is 10.9. The van der Waals surface area contributed by atoms with E-state index >= 15 is 0 Å². The number of hydrogen-bond donors (Lipinski definition) is 3. The monoisotopic (exact) mass is 488 g/mol. The third kappa shape index (κ3) is 5.95. The number of nitrogens with one attached hydrogen (secondary N) is 3. The summed E-state index contributed by atoms with van der Waals surface area (Å²) in [5, 5.41) is 12.5. The number of aromatic amines is 1. The van der Waals surface area contributed by atoms with Gasteiger partial charge in [-0.15, -0.1) is 0 Å². The first-order chi connectivity index (χ1) is 16.3. The summed E-state index contributed by atoms with van der Waals surface area (Å²) in [7, 11) is -2.21. The molecule has 2 atom stereocenters. The topological polar surface area (TPSA) is 150 Å². The van der Waals surface area contributed by atoms with Gasteiger partial charge in [-0.25, -0.2) is 8.42 Å². The van der Waals surface area contributed by atoms with Crippen LogP contribution in [-0.4, -0.2) is 62.6 Å². The van der Waals surface area contributed by atoms with Gasteiger partial charge in [0, 0.05) is 26.0 Å². The highest BCUT2D eigenvalue weighted by Gasteiger charge is 2.37. The molecule has 0 aliphatic carbocycles.